The van der Waals surface area contributed by atoms with Gasteiger partial charge in [0.2, 0.25) is 0 Å². The standard InChI is InChI=1S/C10H7ClF2O3/c1-5(15)9-6(4-14)7(11)2-3-8(9)16-10(12)13/h2-4,10H,1H3. The topological polar surface area (TPSA) is 43.4 Å². The van der Waals surface area contributed by atoms with Gasteiger partial charge in [-0.25, -0.2) is 0 Å². The van der Waals surface area contributed by atoms with Gasteiger partial charge in [-0.3, -0.25) is 9.59 Å². The molecule has 86 valence electrons. The monoisotopic (exact) mass is 248 g/mol. The summed E-state index contributed by atoms with van der Waals surface area (Å²) in [7, 11) is 0. The van der Waals surface area contributed by atoms with Crippen LogP contribution in [0.25, 0.3) is 0 Å². The molecule has 16 heavy (non-hydrogen) atoms. The van der Waals surface area contributed by atoms with Crippen LogP contribution in [0.3, 0.4) is 0 Å². The molecule has 0 fully saturated rings. The molecule has 0 atom stereocenters. The van der Waals surface area contributed by atoms with Gasteiger partial charge in [0.05, 0.1) is 10.6 Å². The summed E-state index contributed by atoms with van der Waals surface area (Å²) in [5.41, 5.74) is -0.380. The van der Waals surface area contributed by atoms with Gasteiger partial charge in [0, 0.05) is 5.56 Å². The number of carbonyl (C=O) groups is 2. The van der Waals surface area contributed by atoms with Gasteiger partial charge in [-0.05, 0) is 19.1 Å². The third kappa shape index (κ3) is 2.55. The number of ether oxygens (including phenoxy) is 1. The highest BCUT2D eigenvalue weighted by Crippen LogP contribution is 2.29. The molecule has 1 rings (SSSR count). The van der Waals surface area contributed by atoms with Crippen molar-refractivity contribution in [3.05, 3.63) is 28.3 Å². The Bertz CT molecular complexity index is 432. The summed E-state index contributed by atoms with van der Waals surface area (Å²) in [6, 6.07) is 2.34. The Balaban J connectivity index is 3.38. The number of hydrogen-bond donors (Lipinski definition) is 0. The molecule has 0 aliphatic rings. The highest BCUT2D eigenvalue weighted by Gasteiger charge is 2.19. The second kappa shape index (κ2) is 5.03. The van der Waals surface area contributed by atoms with E-state index >= 15 is 0 Å². The van der Waals surface area contributed by atoms with Crippen LogP contribution < -0.4 is 4.74 Å². The Morgan fingerprint density at radius 1 is 1.50 bits per heavy atom. The van der Waals surface area contributed by atoms with Crippen LogP contribution in [0.4, 0.5) is 8.78 Å². The van der Waals surface area contributed by atoms with E-state index in [2.05, 4.69) is 4.74 Å². The predicted octanol–water partition coefficient (Wildman–Crippen LogP) is 2.96. The Morgan fingerprint density at radius 3 is 2.56 bits per heavy atom. The number of benzene rings is 1. The first kappa shape index (κ1) is 12.6. The van der Waals surface area contributed by atoms with Crippen LogP contribution in [0.15, 0.2) is 12.1 Å². The molecule has 0 aromatic heterocycles. The second-order valence-electron chi connectivity index (χ2n) is 2.89. The lowest BCUT2D eigenvalue weighted by Crippen LogP contribution is -2.09. The van der Waals surface area contributed by atoms with Crippen molar-refractivity contribution in [3.63, 3.8) is 0 Å². The van der Waals surface area contributed by atoms with E-state index in [0.717, 1.165) is 13.0 Å². The average molecular weight is 249 g/mol. The largest absolute Gasteiger partial charge is 0.434 e. The van der Waals surface area contributed by atoms with Gasteiger partial charge in [0.25, 0.3) is 0 Å². The number of alkyl halides is 2. The Kier molecular flexibility index (Phi) is 3.95. The maximum Gasteiger partial charge on any atom is 0.387 e. The molecule has 0 saturated carbocycles. The van der Waals surface area contributed by atoms with E-state index in [-0.39, 0.29) is 21.9 Å². The van der Waals surface area contributed by atoms with Gasteiger partial charge in [0.15, 0.2) is 12.1 Å². The molecule has 0 radical (unpaired) electrons. The van der Waals surface area contributed by atoms with Crippen LogP contribution in [-0.4, -0.2) is 18.7 Å². The minimum Gasteiger partial charge on any atom is -0.434 e. The van der Waals surface area contributed by atoms with Crippen molar-refractivity contribution < 1.29 is 23.1 Å². The highest BCUT2D eigenvalue weighted by molar-refractivity contribution is 6.34. The van der Waals surface area contributed by atoms with Gasteiger partial charge >= 0.3 is 6.61 Å². The maximum atomic E-state index is 12.0. The van der Waals surface area contributed by atoms with Crippen LogP contribution in [0, 0.1) is 0 Å². The number of hydrogen-bond acceptors (Lipinski definition) is 3. The second-order valence-corrected chi connectivity index (χ2v) is 3.29. The molecule has 0 unspecified atom stereocenters. The van der Waals surface area contributed by atoms with E-state index in [4.69, 9.17) is 11.6 Å². The number of rotatable bonds is 4. The molecule has 0 aliphatic heterocycles. The van der Waals surface area contributed by atoms with E-state index in [1.807, 2.05) is 0 Å². The molecule has 1 aromatic rings. The first-order valence-electron chi connectivity index (χ1n) is 4.20. The molecule has 3 nitrogen and oxygen atoms in total. The lowest BCUT2D eigenvalue weighted by Gasteiger charge is -2.11. The molecule has 0 saturated heterocycles. The van der Waals surface area contributed by atoms with Crippen molar-refractivity contribution in [2.75, 3.05) is 0 Å². The smallest absolute Gasteiger partial charge is 0.387 e. The third-order valence-electron chi connectivity index (χ3n) is 1.84. The van der Waals surface area contributed by atoms with E-state index < -0.39 is 12.4 Å². The average Bonchev–Trinajstić information content (AvgIpc) is 2.18. The number of aldehydes is 1. The number of Topliss-reactive ketones (excluding diaryl/α,β-unsaturated/α-hetero) is 1. The minimum absolute atomic E-state index is 0.0156. The SMILES string of the molecule is CC(=O)c1c(OC(F)F)ccc(Cl)c1C=O. The van der Waals surface area contributed by atoms with Crippen LogP contribution >= 0.6 is 11.6 Å². The first-order valence-corrected chi connectivity index (χ1v) is 4.58. The molecule has 0 N–H and O–H groups in total. The third-order valence-corrected chi connectivity index (χ3v) is 2.17. The van der Waals surface area contributed by atoms with E-state index in [1.165, 1.54) is 6.07 Å². The summed E-state index contributed by atoms with van der Waals surface area (Å²) in [6.07, 6.45) is 0.331. The lowest BCUT2D eigenvalue weighted by molar-refractivity contribution is -0.0501. The number of halogens is 3. The number of ketones is 1. The molecule has 0 spiro atoms. The Hall–Kier alpha value is -1.49. The highest BCUT2D eigenvalue weighted by atomic mass is 35.5. The fourth-order valence-electron chi connectivity index (χ4n) is 1.25. The zero-order valence-corrected chi connectivity index (χ0v) is 8.92. The first-order chi connectivity index (χ1) is 7.47. The molecular formula is C10H7ClF2O3. The van der Waals surface area contributed by atoms with Crippen molar-refractivity contribution in [1.29, 1.82) is 0 Å². The van der Waals surface area contributed by atoms with Gasteiger partial charge < -0.3 is 4.74 Å². The van der Waals surface area contributed by atoms with Crippen LogP contribution in [-0.2, 0) is 0 Å². The quantitative estimate of drug-likeness (QED) is 0.608. The zero-order valence-electron chi connectivity index (χ0n) is 8.17. The van der Waals surface area contributed by atoms with E-state index in [1.54, 1.807) is 0 Å². The van der Waals surface area contributed by atoms with Gasteiger partial charge in [-0.15, -0.1) is 0 Å². The normalized spacial score (nSPS) is 10.3. The Labute approximate surface area is 95.0 Å². The summed E-state index contributed by atoms with van der Waals surface area (Å²) < 4.78 is 28.2. The van der Waals surface area contributed by atoms with Gasteiger partial charge in [-0.1, -0.05) is 11.6 Å². The lowest BCUT2D eigenvalue weighted by atomic mass is 10.0. The molecule has 1 aromatic carbocycles. The fourth-order valence-corrected chi connectivity index (χ4v) is 1.45. The maximum absolute atomic E-state index is 12.0. The van der Waals surface area contributed by atoms with Gasteiger partial charge in [0.1, 0.15) is 5.75 Å². The Morgan fingerprint density at radius 2 is 2.12 bits per heavy atom. The van der Waals surface area contributed by atoms with Crippen molar-refractivity contribution in [3.8, 4) is 5.75 Å². The van der Waals surface area contributed by atoms with Crippen LogP contribution in [0.5, 0.6) is 5.75 Å². The fraction of sp³-hybridized carbons (Fsp3) is 0.200. The van der Waals surface area contributed by atoms with Crippen molar-refractivity contribution >= 4 is 23.7 Å². The molecular weight excluding hydrogens is 242 g/mol. The summed E-state index contributed by atoms with van der Waals surface area (Å²) in [5, 5.41) is 0.0156. The summed E-state index contributed by atoms with van der Waals surface area (Å²) >= 11 is 5.66. The zero-order chi connectivity index (χ0) is 12.3. The summed E-state index contributed by atoms with van der Waals surface area (Å²) in [4.78, 5) is 21.9. The van der Waals surface area contributed by atoms with Crippen LogP contribution in [0.2, 0.25) is 5.02 Å². The molecule has 0 heterocycles. The molecule has 0 aliphatic carbocycles. The molecule has 0 amide bonds. The number of carbonyl (C=O) groups excluding carboxylic acids is 2. The summed E-state index contributed by atoms with van der Waals surface area (Å²) in [5.74, 6) is -0.922. The van der Waals surface area contributed by atoms with Crippen LogP contribution in [0.1, 0.15) is 27.6 Å². The molecule has 6 heteroatoms. The van der Waals surface area contributed by atoms with Crippen molar-refractivity contribution in [2.45, 2.75) is 13.5 Å². The van der Waals surface area contributed by atoms with Crippen molar-refractivity contribution in [2.24, 2.45) is 0 Å². The predicted molar refractivity (Wildman–Crippen MR) is 53.5 cm³/mol. The van der Waals surface area contributed by atoms with E-state index in [9.17, 15) is 18.4 Å². The van der Waals surface area contributed by atoms with E-state index in [0.29, 0.717) is 6.29 Å². The minimum atomic E-state index is -3.07. The van der Waals surface area contributed by atoms with Crippen molar-refractivity contribution in [1.82, 2.24) is 0 Å². The molecule has 0 bridgehead atoms. The summed E-state index contributed by atoms with van der Waals surface area (Å²) in [6.45, 7) is -1.93. The van der Waals surface area contributed by atoms with Gasteiger partial charge in [-0.2, -0.15) is 8.78 Å².